The number of benzene rings is 1. The molecule has 0 bridgehead atoms. The molecule has 1 aromatic heterocycles. The highest BCUT2D eigenvalue weighted by molar-refractivity contribution is 5.89. The normalized spacial score (nSPS) is 10.6. The zero-order valence-electron chi connectivity index (χ0n) is 9.49. The van der Waals surface area contributed by atoms with Crippen molar-refractivity contribution >= 4 is 16.9 Å². The average molecular weight is 231 g/mol. The summed E-state index contributed by atoms with van der Waals surface area (Å²) in [6.45, 7) is 2.07. The Morgan fingerprint density at radius 2 is 2.12 bits per heavy atom. The highest BCUT2D eigenvalue weighted by Gasteiger charge is 2.07. The topological polar surface area (TPSA) is 70.2 Å². The number of aromatic nitrogens is 1. The van der Waals surface area contributed by atoms with Crippen LogP contribution in [0, 0.1) is 0 Å². The Morgan fingerprint density at radius 3 is 2.76 bits per heavy atom. The molecule has 2 N–H and O–H groups in total. The van der Waals surface area contributed by atoms with Gasteiger partial charge in [0.2, 0.25) is 0 Å². The molecule has 0 radical (unpaired) electrons. The second-order valence-corrected chi connectivity index (χ2v) is 3.98. The number of hydrogen-bond donors (Lipinski definition) is 2. The third-order valence-corrected chi connectivity index (χ3v) is 2.66. The molecule has 1 heterocycles. The van der Waals surface area contributed by atoms with Crippen LogP contribution in [0.5, 0.6) is 0 Å². The van der Waals surface area contributed by atoms with Gasteiger partial charge in [0.05, 0.1) is 5.52 Å². The maximum atomic E-state index is 11.7. The van der Waals surface area contributed by atoms with Gasteiger partial charge in [0, 0.05) is 11.5 Å². The monoisotopic (exact) mass is 231 g/mol. The molecule has 0 aliphatic carbocycles. The zero-order chi connectivity index (χ0) is 12.4. The van der Waals surface area contributed by atoms with Gasteiger partial charge in [-0.25, -0.2) is 4.79 Å². The second kappa shape index (κ2) is 4.41. The SMILES string of the molecule is CCCc1ccc2c(=O)cc(C(=O)O)[nH]c2c1. The van der Waals surface area contributed by atoms with Crippen molar-refractivity contribution in [3.05, 3.63) is 45.7 Å². The van der Waals surface area contributed by atoms with Gasteiger partial charge >= 0.3 is 5.97 Å². The van der Waals surface area contributed by atoms with Crippen molar-refractivity contribution in [3.63, 3.8) is 0 Å². The van der Waals surface area contributed by atoms with Crippen LogP contribution in [-0.2, 0) is 6.42 Å². The number of fused-ring (bicyclic) bond motifs is 1. The predicted molar refractivity (Wildman–Crippen MR) is 65.5 cm³/mol. The highest BCUT2D eigenvalue weighted by Crippen LogP contribution is 2.12. The molecule has 0 fully saturated rings. The smallest absolute Gasteiger partial charge is 0.352 e. The van der Waals surface area contributed by atoms with Crippen molar-refractivity contribution in [2.45, 2.75) is 19.8 Å². The Hall–Kier alpha value is -2.10. The first kappa shape index (κ1) is 11.4. The van der Waals surface area contributed by atoms with Crippen molar-refractivity contribution in [1.82, 2.24) is 4.98 Å². The van der Waals surface area contributed by atoms with E-state index in [0.717, 1.165) is 24.5 Å². The van der Waals surface area contributed by atoms with E-state index >= 15 is 0 Å². The summed E-state index contributed by atoms with van der Waals surface area (Å²) in [6.07, 6.45) is 1.92. The number of carbonyl (C=O) groups is 1. The van der Waals surface area contributed by atoms with Crippen molar-refractivity contribution < 1.29 is 9.90 Å². The van der Waals surface area contributed by atoms with Crippen LogP contribution in [0.25, 0.3) is 10.9 Å². The van der Waals surface area contributed by atoms with E-state index in [1.165, 1.54) is 0 Å². The lowest BCUT2D eigenvalue weighted by molar-refractivity contribution is 0.0691. The van der Waals surface area contributed by atoms with E-state index in [0.29, 0.717) is 10.9 Å². The highest BCUT2D eigenvalue weighted by atomic mass is 16.4. The van der Waals surface area contributed by atoms with Gasteiger partial charge in [0.15, 0.2) is 5.43 Å². The van der Waals surface area contributed by atoms with Gasteiger partial charge in [-0.3, -0.25) is 4.79 Å². The molecule has 0 saturated heterocycles. The van der Waals surface area contributed by atoms with E-state index in [9.17, 15) is 9.59 Å². The first-order chi connectivity index (χ1) is 8.11. The van der Waals surface area contributed by atoms with E-state index in [1.54, 1.807) is 6.07 Å². The molecule has 1 aromatic carbocycles. The van der Waals surface area contributed by atoms with Gasteiger partial charge in [0.1, 0.15) is 5.69 Å². The van der Waals surface area contributed by atoms with Gasteiger partial charge in [-0.1, -0.05) is 19.4 Å². The molecule has 0 saturated carbocycles. The lowest BCUT2D eigenvalue weighted by atomic mass is 10.1. The molecule has 88 valence electrons. The number of pyridine rings is 1. The van der Waals surface area contributed by atoms with Crippen LogP contribution in [0.4, 0.5) is 0 Å². The lowest BCUT2D eigenvalue weighted by Gasteiger charge is -2.03. The maximum absolute atomic E-state index is 11.7. The number of aromatic amines is 1. The van der Waals surface area contributed by atoms with E-state index in [1.807, 2.05) is 12.1 Å². The predicted octanol–water partition coefficient (Wildman–Crippen LogP) is 2.18. The Kier molecular flexibility index (Phi) is 2.95. The molecule has 17 heavy (non-hydrogen) atoms. The molecule has 2 rings (SSSR count). The second-order valence-electron chi connectivity index (χ2n) is 3.98. The summed E-state index contributed by atoms with van der Waals surface area (Å²) >= 11 is 0. The summed E-state index contributed by atoms with van der Waals surface area (Å²) in [4.78, 5) is 25.3. The fraction of sp³-hybridized carbons (Fsp3) is 0.231. The molecule has 4 nitrogen and oxygen atoms in total. The number of carboxylic acid groups (broad SMARTS) is 1. The summed E-state index contributed by atoms with van der Waals surface area (Å²) in [5.74, 6) is -1.12. The maximum Gasteiger partial charge on any atom is 0.352 e. The molecule has 2 aromatic rings. The van der Waals surface area contributed by atoms with Gasteiger partial charge < -0.3 is 10.1 Å². The van der Waals surface area contributed by atoms with Gasteiger partial charge in [-0.05, 0) is 24.1 Å². The molecule has 0 unspecified atom stereocenters. The molecule has 0 atom stereocenters. The number of carboxylic acids is 1. The minimum absolute atomic E-state index is 0.0730. The van der Waals surface area contributed by atoms with Crippen LogP contribution in [0.3, 0.4) is 0 Å². The average Bonchev–Trinajstić information content (AvgIpc) is 2.28. The van der Waals surface area contributed by atoms with Crippen LogP contribution in [-0.4, -0.2) is 16.1 Å². The first-order valence-corrected chi connectivity index (χ1v) is 5.51. The number of aromatic carboxylic acids is 1. The summed E-state index contributed by atoms with van der Waals surface area (Å²) in [5.41, 5.74) is 1.34. The van der Waals surface area contributed by atoms with Crippen LogP contribution < -0.4 is 5.43 Å². The fourth-order valence-electron chi connectivity index (χ4n) is 1.86. The molecule has 0 aliphatic rings. The number of H-pyrrole nitrogens is 1. The van der Waals surface area contributed by atoms with E-state index in [2.05, 4.69) is 11.9 Å². The van der Waals surface area contributed by atoms with Crippen molar-refractivity contribution in [3.8, 4) is 0 Å². The molecular formula is C13H13NO3. The van der Waals surface area contributed by atoms with Gasteiger partial charge in [-0.2, -0.15) is 0 Å². The Bertz CT molecular complexity index is 628. The Labute approximate surface area is 97.9 Å². The van der Waals surface area contributed by atoms with Crippen LogP contribution in [0.15, 0.2) is 29.1 Å². The zero-order valence-corrected chi connectivity index (χ0v) is 9.49. The largest absolute Gasteiger partial charge is 0.477 e. The standard InChI is InChI=1S/C13H13NO3/c1-2-3-8-4-5-9-10(6-8)14-11(13(16)17)7-12(9)15/h4-7H,2-3H2,1H3,(H,14,15)(H,16,17). The summed E-state index contributed by atoms with van der Waals surface area (Å²) in [5, 5.41) is 9.39. The number of aryl methyl sites for hydroxylation is 1. The van der Waals surface area contributed by atoms with Crippen molar-refractivity contribution in [1.29, 1.82) is 0 Å². The van der Waals surface area contributed by atoms with Crippen LogP contribution in [0.2, 0.25) is 0 Å². The first-order valence-electron chi connectivity index (χ1n) is 5.51. The third kappa shape index (κ3) is 2.20. The van der Waals surface area contributed by atoms with Crippen molar-refractivity contribution in [2.75, 3.05) is 0 Å². The third-order valence-electron chi connectivity index (χ3n) is 2.66. The quantitative estimate of drug-likeness (QED) is 0.850. The number of hydrogen-bond acceptors (Lipinski definition) is 2. The van der Waals surface area contributed by atoms with E-state index in [-0.39, 0.29) is 11.1 Å². The van der Waals surface area contributed by atoms with Crippen molar-refractivity contribution in [2.24, 2.45) is 0 Å². The van der Waals surface area contributed by atoms with E-state index in [4.69, 9.17) is 5.11 Å². The lowest BCUT2D eigenvalue weighted by Crippen LogP contribution is -2.09. The Balaban J connectivity index is 2.66. The van der Waals surface area contributed by atoms with Crippen LogP contribution >= 0.6 is 0 Å². The molecule has 4 heteroatoms. The summed E-state index contributed by atoms with van der Waals surface area (Å²) in [6, 6.07) is 6.60. The number of rotatable bonds is 3. The van der Waals surface area contributed by atoms with Gasteiger partial charge in [-0.15, -0.1) is 0 Å². The fourth-order valence-corrected chi connectivity index (χ4v) is 1.86. The molecule has 0 aliphatic heterocycles. The summed E-state index contributed by atoms with van der Waals surface area (Å²) < 4.78 is 0. The van der Waals surface area contributed by atoms with E-state index < -0.39 is 5.97 Å². The van der Waals surface area contributed by atoms with Gasteiger partial charge in [0.25, 0.3) is 0 Å². The minimum atomic E-state index is -1.12. The van der Waals surface area contributed by atoms with Crippen LogP contribution in [0.1, 0.15) is 29.4 Å². The molecular weight excluding hydrogens is 218 g/mol. The Morgan fingerprint density at radius 1 is 1.35 bits per heavy atom. The minimum Gasteiger partial charge on any atom is -0.477 e. The molecule has 0 spiro atoms. The summed E-state index contributed by atoms with van der Waals surface area (Å²) in [7, 11) is 0. The molecule has 0 amide bonds. The number of nitrogens with one attached hydrogen (secondary N) is 1.